The van der Waals surface area contributed by atoms with Gasteiger partial charge in [0.2, 0.25) is 0 Å². The number of hydrogen-bond donors (Lipinski definition) is 2. The number of rotatable bonds is 8. The molecule has 0 saturated carbocycles. The number of benzene rings is 2. The first-order valence-electron chi connectivity index (χ1n) is 8.99. The van der Waals surface area contributed by atoms with Crippen LogP contribution in [0.25, 0.3) is 0 Å². The lowest BCUT2D eigenvalue weighted by Gasteiger charge is -2.16. The van der Waals surface area contributed by atoms with E-state index in [1.165, 1.54) is 30.1 Å². The Kier molecular flexibility index (Phi) is 8.20. The molecule has 0 spiro atoms. The smallest absolute Gasteiger partial charge is 0.414 e. The van der Waals surface area contributed by atoms with Crippen molar-refractivity contribution < 1.29 is 24.2 Å². The molecule has 0 saturated heterocycles. The van der Waals surface area contributed by atoms with Crippen LogP contribution in [0.5, 0.6) is 5.75 Å². The molecule has 0 unspecified atom stereocenters. The highest BCUT2D eigenvalue weighted by Crippen LogP contribution is 2.17. The van der Waals surface area contributed by atoms with Gasteiger partial charge in [0.25, 0.3) is 5.91 Å². The van der Waals surface area contributed by atoms with Gasteiger partial charge in [-0.3, -0.25) is 4.79 Å². The maximum Gasteiger partial charge on any atom is 0.414 e. The van der Waals surface area contributed by atoms with Crippen molar-refractivity contribution in [3.8, 4) is 11.8 Å². The van der Waals surface area contributed by atoms with Gasteiger partial charge in [-0.25, -0.2) is 9.59 Å². The molecule has 0 fully saturated rings. The zero-order valence-electron chi connectivity index (χ0n) is 16.2. The van der Waals surface area contributed by atoms with Crippen LogP contribution in [0.4, 0.5) is 4.79 Å². The first kappa shape index (κ1) is 22.7. The van der Waals surface area contributed by atoms with Gasteiger partial charge in [0.1, 0.15) is 11.8 Å². The minimum Gasteiger partial charge on any atom is -0.480 e. The Morgan fingerprint density at radius 3 is 2.47 bits per heavy atom. The van der Waals surface area contributed by atoms with E-state index in [0.717, 1.165) is 0 Å². The molecule has 9 heteroatoms. The van der Waals surface area contributed by atoms with Crippen LogP contribution in [-0.2, 0) is 11.2 Å². The highest BCUT2D eigenvalue weighted by atomic mass is 35.5. The number of carboxylic acid groups (broad SMARTS) is 1. The van der Waals surface area contributed by atoms with E-state index < -0.39 is 24.0 Å². The van der Waals surface area contributed by atoms with Crippen LogP contribution in [-0.4, -0.2) is 47.6 Å². The van der Waals surface area contributed by atoms with Gasteiger partial charge in [-0.1, -0.05) is 35.9 Å². The van der Waals surface area contributed by atoms with Crippen molar-refractivity contribution in [2.75, 3.05) is 13.6 Å². The quantitative estimate of drug-likeness (QED) is 0.665. The Balaban J connectivity index is 2.00. The van der Waals surface area contributed by atoms with E-state index in [2.05, 4.69) is 5.32 Å². The number of nitrogens with zero attached hydrogens (tertiary/aromatic N) is 2. The highest BCUT2D eigenvalue weighted by molar-refractivity contribution is 6.33. The predicted molar refractivity (Wildman–Crippen MR) is 109 cm³/mol. The van der Waals surface area contributed by atoms with Gasteiger partial charge < -0.3 is 20.1 Å². The number of amides is 2. The topological polar surface area (TPSA) is 120 Å². The summed E-state index contributed by atoms with van der Waals surface area (Å²) in [5, 5.41) is 20.7. The van der Waals surface area contributed by atoms with Gasteiger partial charge in [0.05, 0.1) is 23.1 Å². The normalized spacial score (nSPS) is 11.1. The lowest BCUT2D eigenvalue weighted by molar-refractivity contribution is -0.139. The predicted octanol–water partition coefficient (Wildman–Crippen LogP) is 3.11. The van der Waals surface area contributed by atoms with E-state index >= 15 is 0 Å². The second-order valence-electron chi connectivity index (χ2n) is 6.39. The molecular formula is C21H20ClN3O5. The van der Waals surface area contributed by atoms with Gasteiger partial charge in [-0.2, -0.15) is 5.26 Å². The zero-order chi connectivity index (χ0) is 22.1. The first-order valence-corrected chi connectivity index (χ1v) is 9.36. The summed E-state index contributed by atoms with van der Waals surface area (Å²) in [6.45, 7) is 0.249. The SMILES string of the molecule is CN(CCC#N)C(=O)Oc1ccc(C[C@H](NC(=O)c2ccccc2Cl)C(=O)O)cc1. The molecule has 0 bridgehead atoms. The minimum absolute atomic E-state index is 0.0296. The third-order valence-corrected chi connectivity index (χ3v) is 4.49. The van der Waals surface area contributed by atoms with E-state index in [0.29, 0.717) is 5.56 Å². The molecule has 0 heterocycles. The average molecular weight is 430 g/mol. The number of nitrogens with one attached hydrogen (secondary N) is 1. The Bertz CT molecular complexity index is 956. The molecule has 2 aromatic carbocycles. The molecule has 2 N–H and O–H groups in total. The third kappa shape index (κ3) is 6.50. The zero-order valence-corrected chi connectivity index (χ0v) is 16.9. The molecule has 2 aromatic rings. The second kappa shape index (κ2) is 10.8. The molecule has 2 amide bonds. The molecule has 30 heavy (non-hydrogen) atoms. The van der Waals surface area contributed by atoms with Gasteiger partial charge >= 0.3 is 12.1 Å². The van der Waals surface area contributed by atoms with Crippen molar-refractivity contribution in [1.29, 1.82) is 5.26 Å². The van der Waals surface area contributed by atoms with E-state index in [-0.39, 0.29) is 35.7 Å². The number of carbonyl (C=O) groups excluding carboxylic acids is 2. The van der Waals surface area contributed by atoms with Crippen molar-refractivity contribution in [1.82, 2.24) is 10.2 Å². The van der Waals surface area contributed by atoms with Crippen molar-refractivity contribution in [3.63, 3.8) is 0 Å². The van der Waals surface area contributed by atoms with Crippen LogP contribution < -0.4 is 10.1 Å². The summed E-state index contributed by atoms with van der Waals surface area (Å²) in [6, 6.07) is 13.4. The number of ether oxygens (including phenoxy) is 1. The fraction of sp³-hybridized carbons (Fsp3) is 0.238. The van der Waals surface area contributed by atoms with Crippen molar-refractivity contribution in [2.45, 2.75) is 18.9 Å². The Labute approximate surface area is 178 Å². The van der Waals surface area contributed by atoms with Crippen LogP contribution in [0.2, 0.25) is 5.02 Å². The number of halogens is 1. The van der Waals surface area contributed by atoms with Crippen LogP contribution >= 0.6 is 11.6 Å². The number of carbonyl (C=O) groups is 3. The van der Waals surface area contributed by atoms with Crippen molar-refractivity contribution in [2.24, 2.45) is 0 Å². The van der Waals surface area contributed by atoms with Gasteiger partial charge in [0.15, 0.2) is 0 Å². The Hall–Kier alpha value is -3.57. The summed E-state index contributed by atoms with van der Waals surface area (Å²) < 4.78 is 5.19. The largest absolute Gasteiger partial charge is 0.480 e. The fourth-order valence-electron chi connectivity index (χ4n) is 2.50. The summed E-state index contributed by atoms with van der Waals surface area (Å²) in [5.41, 5.74) is 0.813. The molecular weight excluding hydrogens is 410 g/mol. The second-order valence-corrected chi connectivity index (χ2v) is 6.80. The molecule has 0 aliphatic carbocycles. The minimum atomic E-state index is -1.19. The standard InChI is InChI=1S/C21H20ClN3O5/c1-25(12-4-11-23)21(29)30-15-9-7-14(8-10-15)13-18(20(27)28)24-19(26)16-5-2-3-6-17(16)22/h2-3,5-10,18H,4,12-13H2,1H3,(H,24,26)(H,27,28)/t18-/m0/s1. The van der Waals surface area contributed by atoms with Crippen LogP contribution in [0.1, 0.15) is 22.3 Å². The monoisotopic (exact) mass is 429 g/mol. The molecule has 0 radical (unpaired) electrons. The van der Waals surface area contributed by atoms with Crippen molar-refractivity contribution in [3.05, 3.63) is 64.7 Å². The third-order valence-electron chi connectivity index (χ3n) is 4.16. The fourth-order valence-corrected chi connectivity index (χ4v) is 2.72. The lowest BCUT2D eigenvalue weighted by atomic mass is 10.1. The van der Waals surface area contributed by atoms with Gasteiger partial charge in [-0.15, -0.1) is 0 Å². The van der Waals surface area contributed by atoms with Crippen molar-refractivity contribution >= 4 is 29.6 Å². The van der Waals surface area contributed by atoms with Crippen LogP contribution in [0.3, 0.4) is 0 Å². The highest BCUT2D eigenvalue weighted by Gasteiger charge is 2.22. The Morgan fingerprint density at radius 2 is 1.87 bits per heavy atom. The first-order chi connectivity index (χ1) is 14.3. The summed E-state index contributed by atoms with van der Waals surface area (Å²) in [6.07, 6.45) is -0.378. The molecule has 156 valence electrons. The maximum atomic E-state index is 12.3. The average Bonchev–Trinajstić information content (AvgIpc) is 2.72. The van der Waals surface area contributed by atoms with Gasteiger partial charge in [0, 0.05) is 20.0 Å². The molecule has 2 rings (SSSR count). The number of nitriles is 1. The molecule has 8 nitrogen and oxygen atoms in total. The number of hydrogen-bond acceptors (Lipinski definition) is 5. The van der Waals surface area contributed by atoms with Crippen LogP contribution in [0.15, 0.2) is 48.5 Å². The van der Waals surface area contributed by atoms with E-state index in [1.807, 2.05) is 6.07 Å². The molecule has 0 aliphatic heterocycles. The van der Waals surface area contributed by atoms with E-state index in [9.17, 15) is 19.5 Å². The Morgan fingerprint density at radius 1 is 1.20 bits per heavy atom. The van der Waals surface area contributed by atoms with Crippen LogP contribution in [0, 0.1) is 11.3 Å². The van der Waals surface area contributed by atoms with E-state index in [4.69, 9.17) is 21.6 Å². The lowest BCUT2D eigenvalue weighted by Crippen LogP contribution is -2.42. The maximum absolute atomic E-state index is 12.3. The van der Waals surface area contributed by atoms with E-state index in [1.54, 1.807) is 30.3 Å². The molecule has 0 aliphatic rings. The van der Waals surface area contributed by atoms with Gasteiger partial charge in [-0.05, 0) is 29.8 Å². The molecule has 0 aromatic heterocycles. The number of aliphatic carboxylic acids is 1. The summed E-state index contributed by atoms with van der Waals surface area (Å²) in [7, 11) is 1.52. The molecule has 1 atom stereocenters. The number of carboxylic acids is 1. The summed E-state index contributed by atoms with van der Waals surface area (Å²) in [5.74, 6) is -1.50. The summed E-state index contributed by atoms with van der Waals surface area (Å²) in [4.78, 5) is 37.1. The summed E-state index contributed by atoms with van der Waals surface area (Å²) >= 11 is 5.98.